The highest BCUT2D eigenvalue weighted by atomic mass is 32.1. The minimum atomic E-state index is -0.282. The first kappa shape index (κ1) is 28.3. The average molecular weight is 568 g/mol. The molecule has 1 N–H and O–H groups in total. The molecule has 3 heterocycles. The normalized spacial score (nSPS) is 14.3. The molecule has 1 saturated heterocycles. The molecule has 2 aromatic carbocycles. The summed E-state index contributed by atoms with van der Waals surface area (Å²) in [5.74, 6) is 1.59. The van der Waals surface area contributed by atoms with Crippen LogP contribution in [0.2, 0.25) is 0 Å². The first-order valence-electron chi connectivity index (χ1n) is 13.8. The number of piperidine rings is 1. The van der Waals surface area contributed by atoms with Gasteiger partial charge in [-0.1, -0.05) is 12.1 Å². The van der Waals surface area contributed by atoms with Crippen molar-refractivity contribution < 1.29 is 14.3 Å². The number of carbonyl (C=O) groups is 1. The van der Waals surface area contributed by atoms with E-state index in [2.05, 4.69) is 10.2 Å². The van der Waals surface area contributed by atoms with Crippen molar-refractivity contribution in [2.45, 2.75) is 46.2 Å². The Hall–Kier alpha value is -4.26. The third-order valence-corrected chi connectivity index (χ3v) is 7.92. The number of nitrogens with zero attached hydrogens (tertiary/aromatic N) is 4. The molecule has 2 aromatic heterocycles. The van der Waals surface area contributed by atoms with Crippen molar-refractivity contribution in [2.24, 2.45) is 0 Å². The molecule has 41 heavy (non-hydrogen) atoms. The van der Waals surface area contributed by atoms with Gasteiger partial charge in [0.05, 0.1) is 23.6 Å². The van der Waals surface area contributed by atoms with Crippen molar-refractivity contribution in [2.75, 3.05) is 25.0 Å². The van der Waals surface area contributed by atoms with E-state index in [0.29, 0.717) is 24.0 Å². The number of fused-ring (bicyclic) bond motifs is 1. The lowest BCUT2D eigenvalue weighted by molar-refractivity contribution is 0.0526. The van der Waals surface area contributed by atoms with Crippen molar-refractivity contribution in [3.05, 3.63) is 81.7 Å². The quantitative estimate of drug-likeness (QED) is 0.172. The SMILES string of the molecule is CCOC(=O)c1ccc(CN2CCC(Nc3nc(Oc4c(C)cc(/C=C/C#N)cc4C)c4ccsc4n3)CC2)cc1. The second kappa shape index (κ2) is 12.9. The molecule has 9 heteroatoms. The van der Waals surface area contributed by atoms with Gasteiger partial charge < -0.3 is 14.8 Å². The van der Waals surface area contributed by atoms with Gasteiger partial charge in [0, 0.05) is 31.8 Å². The van der Waals surface area contributed by atoms with E-state index in [0.717, 1.165) is 65.1 Å². The average Bonchev–Trinajstić information content (AvgIpc) is 3.44. The summed E-state index contributed by atoms with van der Waals surface area (Å²) in [6.07, 6.45) is 5.21. The third kappa shape index (κ3) is 6.91. The van der Waals surface area contributed by atoms with Crippen LogP contribution in [0.4, 0.5) is 5.95 Å². The number of aryl methyl sites for hydroxylation is 2. The van der Waals surface area contributed by atoms with Crippen molar-refractivity contribution in [3.8, 4) is 17.7 Å². The minimum absolute atomic E-state index is 0.261. The number of likely N-dealkylation sites (tertiary alicyclic amines) is 1. The monoisotopic (exact) mass is 567 g/mol. The molecule has 210 valence electrons. The Morgan fingerprint density at radius 3 is 2.56 bits per heavy atom. The van der Waals surface area contributed by atoms with Crippen LogP contribution in [0.5, 0.6) is 11.6 Å². The number of esters is 1. The molecule has 5 rings (SSSR count). The minimum Gasteiger partial charge on any atom is -0.462 e. The van der Waals surface area contributed by atoms with Gasteiger partial charge in [0.1, 0.15) is 10.6 Å². The van der Waals surface area contributed by atoms with E-state index >= 15 is 0 Å². The van der Waals surface area contributed by atoms with Crippen LogP contribution in [0.1, 0.15) is 52.4 Å². The number of carbonyl (C=O) groups excluding carboxylic acids is 1. The number of ether oxygens (including phenoxy) is 2. The van der Waals surface area contributed by atoms with E-state index in [9.17, 15) is 4.79 Å². The number of hydrogen-bond donors (Lipinski definition) is 1. The van der Waals surface area contributed by atoms with Crippen LogP contribution in [0, 0.1) is 25.2 Å². The highest BCUT2D eigenvalue weighted by Gasteiger charge is 2.22. The number of nitrogens with one attached hydrogen (secondary N) is 1. The second-order valence-corrected chi connectivity index (χ2v) is 11.0. The van der Waals surface area contributed by atoms with Crippen molar-refractivity contribution >= 4 is 39.5 Å². The number of aromatic nitrogens is 2. The fraction of sp³-hybridized carbons (Fsp3) is 0.312. The zero-order valence-corrected chi connectivity index (χ0v) is 24.3. The summed E-state index contributed by atoms with van der Waals surface area (Å²) in [5, 5.41) is 15.3. The van der Waals surface area contributed by atoms with Gasteiger partial charge in [0.2, 0.25) is 11.8 Å². The van der Waals surface area contributed by atoms with Crippen molar-refractivity contribution in [1.82, 2.24) is 14.9 Å². The van der Waals surface area contributed by atoms with Gasteiger partial charge in [0.25, 0.3) is 0 Å². The highest BCUT2D eigenvalue weighted by molar-refractivity contribution is 7.16. The van der Waals surface area contributed by atoms with E-state index in [4.69, 9.17) is 24.7 Å². The zero-order valence-electron chi connectivity index (χ0n) is 23.5. The predicted molar refractivity (Wildman–Crippen MR) is 162 cm³/mol. The summed E-state index contributed by atoms with van der Waals surface area (Å²) in [6.45, 7) is 8.93. The largest absolute Gasteiger partial charge is 0.462 e. The van der Waals surface area contributed by atoms with Gasteiger partial charge in [-0.2, -0.15) is 10.2 Å². The van der Waals surface area contributed by atoms with Crippen LogP contribution in [0.25, 0.3) is 16.3 Å². The third-order valence-electron chi connectivity index (χ3n) is 7.11. The second-order valence-electron chi connectivity index (χ2n) is 10.2. The number of nitriles is 1. The van der Waals surface area contributed by atoms with E-state index in [1.165, 1.54) is 11.6 Å². The lowest BCUT2D eigenvalue weighted by Crippen LogP contribution is -2.39. The van der Waals surface area contributed by atoms with E-state index < -0.39 is 0 Å². The summed E-state index contributed by atoms with van der Waals surface area (Å²) >= 11 is 1.57. The van der Waals surface area contributed by atoms with E-state index in [1.54, 1.807) is 17.4 Å². The maximum Gasteiger partial charge on any atom is 0.338 e. The molecule has 0 spiro atoms. The van der Waals surface area contributed by atoms with E-state index in [1.807, 2.05) is 74.7 Å². The number of allylic oxidation sites excluding steroid dienone is 1. The van der Waals surface area contributed by atoms with Crippen LogP contribution < -0.4 is 10.1 Å². The predicted octanol–water partition coefficient (Wildman–Crippen LogP) is 6.89. The Morgan fingerprint density at radius 2 is 1.88 bits per heavy atom. The number of benzene rings is 2. The van der Waals surface area contributed by atoms with Crippen LogP contribution in [0.3, 0.4) is 0 Å². The standard InChI is InChI=1S/C32H33N5O3S/c1-4-39-31(38)25-9-7-23(8-10-25)20-37-15-11-26(12-16-37)34-32-35-29(27-13-17-41-30(27)36-32)40-28-21(2)18-24(6-5-14-33)19-22(28)3/h5-10,13,17-19,26H,4,11-12,15-16,20H2,1-3H3,(H,34,35,36)/b6-5+. The maximum absolute atomic E-state index is 11.9. The van der Waals surface area contributed by atoms with Gasteiger partial charge in [0.15, 0.2) is 0 Å². The lowest BCUT2D eigenvalue weighted by atomic mass is 10.0. The molecule has 4 aromatic rings. The van der Waals surface area contributed by atoms with Crippen LogP contribution in [-0.4, -0.2) is 46.6 Å². The molecule has 1 fully saturated rings. The fourth-order valence-electron chi connectivity index (χ4n) is 5.08. The maximum atomic E-state index is 11.9. The molecule has 0 saturated carbocycles. The summed E-state index contributed by atoms with van der Waals surface area (Å²) in [5.41, 5.74) is 4.67. The van der Waals surface area contributed by atoms with Crippen molar-refractivity contribution in [3.63, 3.8) is 0 Å². The molecule has 8 nitrogen and oxygen atoms in total. The Morgan fingerprint density at radius 1 is 1.15 bits per heavy atom. The van der Waals surface area contributed by atoms with Gasteiger partial charge in [-0.3, -0.25) is 4.90 Å². The molecule has 0 radical (unpaired) electrons. The Balaban J connectivity index is 1.23. The topological polar surface area (TPSA) is 100 Å². The number of hydrogen-bond acceptors (Lipinski definition) is 9. The number of rotatable bonds is 9. The Kier molecular flexibility index (Phi) is 8.92. The van der Waals surface area contributed by atoms with Crippen LogP contribution in [-0.2, 0) is 11.3 Å². The molecule has 0 amide bonds. The van der Waals surface area contributed by atoms with Crippen LogP contribution in [0.15, 0.2) is 53.9 Å². The number of anilines is 1. The molecular weight excluding hydrogens is 534 g/mol. The molecule has 0 aliphatic carbocycles. The zero-order chi connectivity index (χ0) is 28.8. The summed E-state index contributed by atoms with van der Waals surface area (Å²) in [4.78, 5) is 24.8. The van der Waals surface area contributed by atoms with Gasteiger partial charge in [-0.15, -0.1) is 11.3 Å². The molecular formula is C32H33N5O3S. The molecule has 1 aliphatic rings. The molecule has 0 bridgehead atoms. The first-order valence-corrected chi connectivity index (χ1v) is 14.7. The Labute approximate surface area is 244 Å². The molecule has 0 unspecified atom stereocenters. The van der Waals surface area contributed by atoms with Gasteiger partial charge >= 0.3 is 5.97 Å². The first-order chi connectivity index (χ1) is 19.9. The summed E-state index contributed by atoms with van der Waals surface area (Å²) in [6, 6.07) is 16.0. The molecule has 0 atom stereocenters. The smallest absolute Gasteiger partial charge is 0.338 e. The summed E-state index contributed by atoms with van der Waals surface area (Å²) in [7, 11) is 0. The van der Waals surface area contributed by atoms with Gasteiger partial charge in [-0.05, 0) is 97.7 Å². The summed E-state index contributed by atoms with van der Waals surface area (Å²) < 4.78 is 11.5. The highest BCUT2D eigenvalue weighted by Crippen LogP contribution is 2.35. The Bertz CT molecular complexity index is 1580. The van der Waals surface area contributed by atoms with E-state index in [-0.39, 0.29) is 12.0 Å². The van der Waals surface area contributed by atoms with Gasteiger partial charge in [-0.25, -0.2) is 9.78 Å². The van der Waals surface area contributed by atoms with Crippen molar-refractivity contribution in [1.29, 1.82) is 5.26 Å². The lowest BCUT2D eigenvalue weighted by Gasteiger charge is -2.32. The molecule has 1 aliphatic heterocycles. The number of thiophene rings is 1. The van der Waals surface area contributed by atoms with Crippen LogP contribution >= 0.6 is 11.3 Å². The fourth-order valence-corrected chi connectivity index (χ4v) is 5.83.